The van der Waals surface area contributed by atoms with E-state index in [0.29, 0.717) is 0 Å². The Bertz CT molecular complexity index is 2010. The first-order chi connectivity index (χ1) is 25.1. The van der Waals surface area contributed by atoms with Crippen LogP contribution in [0.5, 0.6) is 0 Å². The molecule has 0 saturated heterocycles. The van der Waals surface area contributed by atoms with E-state index in [0.717, 1.165) is 22.9 Å². The summed E-state index contributed by atoms with van der Waals surface area (Å²) < 4.78 is 9.92. The van der Waals surface area contributed by atoms with E-state index < -0.39 is 0 Å². The minimum atomic E-state index is 0.849. The van der Waals surface area contributed by atoms with Gasteiger partial charge in [-0.05, 0) is 96.8 Å². The van der Waals surface area contributed by atoms with Gasteiger partial charge >= 0.3 is 0 Å². The second-order valence-electron chi connectivity index (χ2n) is 14.0. The summed E-state index contributed by atoms with van der Waals surface area (Å²) in [4.78, 5) is 11.0. The summed E-state index contributed by atoms with van der Waals surface area (Å²) in [5.41, 5.74) is 4.48. The van der Waals surface area contributed by atoms with Crippen LogP contribution in [0.2, 0.25) is 0 Å². The Morgan fingerprint density at radius 2 is 0.882 bits per heavy atom. The summed E-state index contributed by atoms with van der Waals surface area (Å²) in [5.74, 6) is 1.70. The molecule has 2 aromatic carbocycles. The Morgan fingerprint density at radius 3 is 1.31 bits per heavy atom. The predicted molar refractivity (Wildman–Crippen MR) is 231 cm³/mol. The molecule has 5 heterocycles. The number of benzene rings is 2. The molecule has 5 aromatic heterocycles. The number of unbranched alkanes of at least 4 members (excludes halogenated alkanes) is 2. The standard InChI is InChI=1S/C44H50N2S5/c1-5-9-13-29(7-3)17-19-31-21-23-35(47-31)37-25-27-39(49-37)41-33-15-11-12-16-34(33)42(44-43(41)45-51-46-44)40-28-26-38(50-40)36-24-22-32(48-36)20-18-30(8-4)14-10-6-2/h11-12,15-16,21-30H,5-10,13-14,17-20H2,1-4H3. The van der Waals surface area contributed by atoms with E-state index >= 15 is 0 Å². The fourth-order valence-electron chi connectivity index (χ4n) is 7.47. The first-order valence-corrected chi connectivity index (χ1v) is 23.1. The summed E-state index contributed by atoms with van der Waals surface area (Å²) in [6.07, 6.45) is 15.6. The van der Waals surface area contributed by atoms with Gasteiger partial charge in [-0.1, -0.05) is 103 Å². The Kier molecular flexibility index (Phi) is 12.5. The van der Waals surface area contributed by atoms with Crippen molar-refractivity contribution < 1.29 is 0 Å². The molecule has 266 valence electrons. The monoisotopic (exact) mass is 766 g/mol. The third-order valence-corrected chi connectivity index (χ3v) is 16.0. The summed E-state index contributed by atoms with van der Waals surface area (Å²) >= 11 is 9.07. The second kappa shape index (κ2) is 17.4. The molecule has 7 rings (SSSR count). The maximum Gasteiger partial charge on any atom is 0.114 e. The summed E-state index contributed by atoms with van der Waals surface area (Å²) in [5, 5.41) is 2.51. The van der Waals surface area contributed by atoms with Crippen LogP contribution >= 0.6 is 57.1 Å². The van der Waals surface area contributed by atoms with E-state index in [2.05, 4.69) is 100 Å². The maximum atomic E-state index is 4.96. The lowest BCUT2D eigenvalue weighted by atomic mass is 9.94. The normalized spacial score (nSPS) is 13.1. The largest absolute Gasteiger partial charge is 0.172 e. The highest BCUT2D eigenvalue weighted by molar-refractivity contribution is 7.24. The molecule has 2 nitrogen and oxygen atoms in total. The van der Waals surface area contributed by atoms with Crippen molar-refractivity contribution >= 4 is 78.9 Å². The fourth-order valence-corrected chi connectivity index (χ4v) is 12.4. The van der Waals surface area contributed by atoms with Gasteiger partial charge in [-0.15, -0.1) is 45.3 Å². The summed E-state index contributed by atoms with van der Waals surface area (Å²) in [7, 11) is 0. The smallest absolute Gasteiger partial charge is 0.114 e. The molecule has 0 fully saturated rings. The van der Waals surface area contributed by atoms with Crippen LogP contribution in [0.25, 0.3) is 62.2 Å². The molecule has 2 unspecified atom stereocenters. The van der Waals surface area contributed by atoms with Crippen LogP contribution in [-0.2, 0) is 12.8 Å². The number of aryl methyl sites for hydroxylation is 2. The third kappa shape index (κ3) is 8.28. The first-order valence-electron chi connectivity index (χ1n) is 19.2. The van der Waals surface area contributed by atoms with E-state index in [-0.39, 0.29) is 0 Å². The molecule has 0 radical (unpaired) electrons. The average molecular weight is 767 g/mol. The highest BCUT2D eigenvalue weighted by Gasteiger charge is 2.22. The highest BCUT2D eigenvalue weighted by Crippen LogP contribution is 2.48. The second-order valence-corrected chi connectivity index (χ2v) is 19.1. The Labute approximate surface area is 325 Å². The lowest BCUT2D eigenvalue weighted by Crippen LogP contribution is -2.00. The van der Waals surface area contributed by atoms with Gasteiger partial charge in [0, 0.05) is 50.1 Å². The van der Waals surface area contributed by atoms with Gasteiger partial charge in [0.05, 0.1) is 11.7 Å². The van der Waals surface area contributed by atoms with E-state index in [1.807, 2.05) is 45.3 Å². The summed E-state index contributed by atoms with van der Waals surface area (Å²) in [6, 6.07) is 27.5. The zero-order valence-corrected chi connectivity index (χ0v) is 34.6. The molecule has 0 spiro atoms. The van der Waals surface area contributed by atoms with Gasteiger partial charge in [0.2, 0.25) is 0 Å². The SMILES string of the molecule is CCCCC(CC)CCc1ccc(-c2ccc(-c3c4ccccc4c(-c4ccc(-c5ccc(CCC(CC)CCCC)s5)s4)c4nsnc34)s2)s1. The number of fused-ring (bicyclic) bond motifs is 2. The van der Waals surface area contributed by atoms with Crippen LogP contribution in [0.15, 0.2) is 72.8 Å². The van der Waals surface area contributed by atoms with Crippen LogP contribution in [-0.4, -0.2) is 8.75 Å². The van der Waals surface area contributed by atoms with Gasteiger partial charge in [0.25, 0.3) is 0 Å². The number of rotatable bonds is 18. The number of thiophene rings is 4. The van der Waals surface area contributed by atoms with Gasteiger partial charge in [-0.3, -0.25) is 0 Å². The Balaban J connectivity index is 1.15. The molecule has 0 aliphatic heterocycles. The highest BCUT2D eigenvalue weighted by atomic mass is 32.1. The third-order valence-electron chi connectivity index (χ3n) is 10.6. The quantitative estimate of drug-likeness (QED) is 0.0869. The Morgan fingerprint density at radius 1 is 0.471 bits per heavy atom. The van der Waals surface area contributed by atoms with Crippen molar-refractivity contribution in [3.8, 4) is 40.4 Å². The molecule has 7 heteroatoms. The van der Waals surface area contributed by atoms with Crippen molar-refractivity contribution in [2.75, 3.05) is 0 Å². The molecule has 51 heavy (non-hydrogen) atoms. The number of aromatic nitrogens is 2. The molecule has 2 atom stereocenters. The van der Waals surface area contributed by atoms with Crippen LogP contribution in [0.4, 0.5) is 0 Å². The maximum absolute atomic E-state index is 4.96. The molecule has 0 N–H and O–H groups in total. The van der Waals surface area contributed by atoms with Crippen molar-refractivity contribution in [1.29, 1.82) is 0 Å². The average Bonchev–Trinajstić information content (AvgIpc) is 4.01. The van der Waals surface area contributed by atoms with Crippen molar-refractivity contribution in [3.05, 3.63) is 82.6 Å². The predicted octanol–water partition coefficient (Wildman–Crippen LogP) is 16.1. The van der Waals surface area contributed by atoms with E-state index in [1.54, 1.807) is 0 Å². The van der Waals surface area contributed by atoms with Crippen LogP contribution < -0.4 is 0 Å². The van der Waals surface area contributed by atoms with Crippen molar-refractivity contribution in [3.63, 3.8) is 0 Å². The molecule has 0 bridgehead atoms. The van der Waals surface area contributed by atoms with Crippen LogP contribution in [0.1, 0.15) is 102 Å². The van der Waals surface area contributed by atoms with E-state index in [4.69, 9.17) is 8.75 Å². The molecular formula is C44H50N2S5. The van der Waals surface area contributed by atoms with Crippen LogP contribution in [0.3, 0.4) is 0 Å². The first kappa shape index (κ1) is 36.7. The number of hydrogen-bond acceptors (Lipinski definition) is 7. The zero-order valence-electron chi connectivity index (χ0n) is 30.5. The van der Waals surface area contributed by atoms with E-state index in [1.165, 1.54) is 150 Å². The van der Waals surface area contributed by atoms with Crippen LogP contribution in [0, 0.1) is 11.8 Å². The van der Waals surface area contributed by atoms with Crippen molar-refractivity contribution in [2.24, 2.45) is 11.8 Å². The Hall–Kier alpha value is -2.68. The van der Waals surface area contributed by atoms with E-state index in [9.17, 15) is 0 Å². The molecular weight excluding hydrogens is 717 g/mol. The van der Waals surface area contributed by atoms with Crippen molar-refractivity contribution in [2.45, 2.75) is 105 Å². The van der Waals surface area contributed by atoms with Gasteiger partial charge in [0.1, 0.15) is 11.0 Å². The fraction of sp³-hybridized carbons (Fsp3) is 0.409. The minimum absolute atomic E-state index is 0.849. The van der Waals surface area contributed by atoms with Gasteiger partial charge in [0.15, 0.2) is 0 Å². The van der Waals surface area contributed by atoms with Gasteiger partial charge < -0.3 is 0 Å². The topological polar surface area (TPSA) is 25.8 Å². The van der Waals surface area contributed by atoms with Gasteiger partial charge in [-0.25, -0.2) is 0 Å². The molecule has 7 aromatic rings. The lowest BCUT2D eigenvalue weighted by molar-refractivity contribution is 0.423. The number of nitrogens with zero attached hydrogens (tertiary/aromatic N) is 2. The van der Waals surface area contributed by atoms with Crippen molar-refractivity contribution in [1.82, 2.24) is 8.75 Å². The minimum Gasteiger partial charge on any atom is -0.172 e. The zero-order chi connectivity index (χ0) is 35.2. The molecule has 0 aliphatic rings. The molecule has 0 saturated carbocycles. The van der Waals surface area contributed by atoms with Gasteiger partial charge in [-0.2, -0.15) is 8.75 Å². The molecule has 0 aliphatic carbocycles. The lowest BCUT2D eigenvalue weighted by Gasteiger charge is -2.13. The number of hydrogen-bond donors (Lipinski definition) is 0. The summed E-state index contributed by atoms with van der Waals surface area (Å²) in [6.45, 7) is 9.32. The molecule has 0 amide bonds.